The van der Waals surface area contributed by atoms with Gasteiger partial charge in [0.1, 0.15) is 22.1 Å². The molecule has 0 unspecified atom stereocenters. The number of aryl methyl sites for hydroxylation is 1. The molecule has 4 amide bonds. The van der Waals surface area contributed by atoms with Gasteiger partial charge in [0, 0.05) is 11.6 Å². The quantitative estimate of drug-likeness (QED) is 0.217. The van der Waals surface area contributed by atoms with Crippen LogP contribution in [0.5, 0.6) is 0 Å². The van der Waals surface area contributed by atoms with E-state index in [0.717, 1.165) is 16.9 Å². The van der Waals surface area contributed by atoms with Crippen LogP contribution in [0.4, 0.5) is 16.2 Å². The van der Waals surface area contributed by atoms with E-state index >= 15 is 0 Å². The first-order valence-corrected chi connectivity index (χ1v) is 10.7. The third-order valence-electron chi connectivity index (χ3n) is 5.12. The van der Waals surface area contributed by atoms with Gasteiger partial charge in [-0.2, -0.15) is 0 Å². The Morgan fingerprint density at radius 3 is 2.41 bits per heavy atom. The summed E-state index contributed by atoms with van der Waals surface area (Å²) >= 11 is 12.0. The lowest BCUT2D eigenvalue weighted by Crippen LogP contribution is -2.54. The monoisotopic (exact) mass is 499 g/mol. The predicted molar refractivity (Wildman–Crippen MR) is 126 cm³/mol. The Morgan fingerprint density at radius 1 is 1.06 bits per heavy atom. The highest BCUT2D eigenvalue weighted by molar-refractivity contribution is 6.39. The van der Waals surface area contributed by atoms with Gasteiger partial charge in [-0.1, -0.05) is 42.3 Å². The van der Waals surface area contributed by atoms with Gasteiger partial charge in [-0.3, -0.25) is 25.0 Å². The minimum Gasteiger partial charge on any atom is -0.457 e. The number of rotatable bonds is 5. The molecule has 2 heterocycles. The number of nitro benzene ring substituents is 1. The van der Waals surface area contributed by atoms with E-state index in [1.54, 1.807) is 24.3 Å². The average molecular weight is 500 g/mol. The fraction of sp³-hybridized carbons (Fsp3) is 0.0870. The molecule has 0 saturated carbocycles. The van der Waals surface area contributed by atoms with E-state index < -0.39 is 22.8 Å². The zero-order valence-electron chi connectivity index (χ0n) is 17.5. The molecule has 0 aliphatic carbocycles. The number of furan rings is 1. The van der Waals surface area contributed by atoms with Crippen LogP contribution in [0.25, 0.3) is 17.4 Å². The lowest BCUT2D eigenvalue weighted by atomic mass is 10.1. The summed E-state index contributed by atoms with van der Waals surface area (Å²) in [6.45, 7) is 1.97. The van der Waals surface area contributed by atoms with Crippen LogP contribution < -0.4 is 10.2 Å². The molecule has 172 valence electrons. The van der Waals surface area contributed by atoms with Crippen molar-refractivity contribution in [2.75, 3.05) is 4.90 Å². The van der Waals surface area contributed by atoms with Crippen LogP contribution >= 0.6 is 23.2 Å². The largest absolute Gasteiger partial charge is 0.457 e. The molecule has 1 N–H and O–H groups in total. The second kappa shape index (κ2) is 9.12. The summed E-state index contributed by atoms with van der Waals surface area (Å²) in [5.41, 5.74) is 0.841. The third kappa shape index (κ3) is 4.30. The highest BCUT2D eigenvalue weighted by Crippen LogP contribution is 2.37. The molecular weight excluding hydrogens is 485 g/mol. The molecule has 3 aromatic rings. The van der Waals surface area contributed by atoms with E-state index in [2.05, 4.69) is 5.32 Å². The molecule has 2 aromatic carbocycles. The Balaban J connectivity index is 1.68. The fourth-order valence-corrected chi connectivity index (χ4v) is 3.90. The topological polar surface area (TPSA) is 123 Å². The highest BCUT2D eigenvalue weighted by Gasteiger charge is 2.37. The first kappa shape index (κ1) is 23.2. The Labute approximate surface area is 202 Å². The Hall–Kier alpha value is -3.95. The number of amides is 4. The lowest BCUT2D eigenvalue weighted by molar-refractivity contribution is -0.384. The Kier molecular flexibility index (Phi) is 6.23. The van der Waals surface area contributed by atoms with Crippen molar-refractivity contribution in [3.8, 4) is 11.3 Å². The van der Waals surface area contributed by atoms with Gasteiger partial charge in [-0.15, -0.1) is 0 Å². The number of benzene rings is 2. The maximum absolute atomic E-state index is 13.0. The number of anilines is 1. The van der Waals surface area contributed by atoms with Crippen LogP contribution in [0.15, 0.2) is 58.5 Å². The Bertz CT molecular complexity index is 1380. The van der Waals surface area contributed by atoms with E-state index in [9.17, 15) is 24.5 Å². The van der Waals surface area contributed by atoms with Gasteiger partial charge in [0.15, 0.2) is 0 Å². The molecule has 34 heavy (non-hydrogen) atoms. The summed E-state index contributed by atoms with van der Waals surface area (Å²) in [7, 11) is 0. The summed E-state index contributed by atoms with van der Waals surface area (Å²) in [4.78, 5) is 49.1. The van der Waals surface area contributed by atoms with Crippen LogP contribution in [-0.4, -0.2) is 22.8 Å². The smallest absolute Gasteiger partial charge is 0.335 e. The molecule has 0 radical (unpaired) electrons. The van der Waals surface area contributed by atoms with Gasteiger partial charge in [0.25, 0.3) is 17.5 Å². The van der Waals surface area contributed by atoms with Crippen molar-refractivity contribution in [3.05, 3.63) is 85.6 Å². The maximum Gasteiger partial charge on any atom is 0.335 e. The molecule has 4 rings (SSSR count). The molecule has 1 aliphatic heterocycles. The average Bonchev–Trinajstić information content (AvgIpc) is 3.25. The molecule has 1 aliphatic rings. The van der Waals surface area contributed by atoms with Crippen LogP contribution in [0.3, 0.4) is 0 Å². The number of imide groups is 2. The third-order valence-corrected chi connectivity index (χ3v) is 5.73. The van der Waals surface area contributed by atoms with Crippen molar-refractivity contribution in [3.63, 3.8) is 0 Å². The zero-order chi connectivity index (χ0) is 24.6. The normalized spacial score (nSPS) is 15.1. The van der Waals surface area contributed by atoms with Crippen molar-refractivity contribution in [1.82, 2.24) is 5.32 Å². The molecular formula is C23H15Cl2N3O6. The summed E-state index contributed by atoms with van der Waals surface area (Å²) in [5.74, 6) is -1.45. The van der Waals surface area contributed by atoms with Gasteiger partial charge in [-0.25, -0.2) is 9.69 Å². The highest BCUT2D eigenvalue weighted by atomic mass is 35.5. The predicted octanol–water partition coefficient (Wildman–Crippen LogP) is 5.39. The number of nitrogens with zero attached hydrogens (tertiary/aromatic N) is 2. The van der Waals surface area contributed by atoms with Crippen molar-refractivity contribution < 1.29 is 23.7 Å². The fourth-order valence-electron chi connectivity index (χ4n) is 3.36. The number of barbiturate groups is 1. The number of nitrogens with one attached hydrogen (secondary N) is 1. The van der Waals surface area contributed by atoms with E-state index in [1.807, 2.05) is 6.92 Å². The van der Waals surface area contributed by atoms with Crippen molar-refractivity contribution in [1.29, 1.82) is 0 Å². The molecule has 1 saturated heterocycles. The standard InChI is InChI=1S/C23H15Cl2N3O6/c1-2-12-3-5-13(6-4-12)27-22(30)16(21(29)26-23(27)31)9-14-7-8-20(34-14)15-10-19(28(32)33)18(25)11-17(15)24/h3-11H,2H2,1H3,(H,26,29,31)/b16-9-. The van der Waals surface area contributed by atoms with E-state index in [4.69, 9.17) is 27.6 Å². The minimum atomic E-state index is -0.880. The first-order chi connectivity index (χ1) is 16.2. The molecule has 1 aromatic heterocycles. The summed E-state index contributed by atoms with van der Waals surface area (Å²) < 4.78 is 5.66. The second-order valence-electron chi connectivity index (χ2n) is 7.22. The molecule has 11 heteroatoms. The number of halogens is 2. The lowest BCUT2D eigenvalue weighted by Gasteiger charge is -2.26. The molecule has 0 spiro atoms. The van der Waals surface area contributed by atoms with E-state index in [-0.39, 0.29) is 38.4 Å². The van der Waals surface area contributed by atoms with E-state index in [0.29, 0.717) is 5.69 Å². The minimum absolute atomic E-state index is 0.0952. The van der Waals surface area contributed by atoms with Crippen molar-refractivity contribution in [2.45, 2.75) is 13.3 Å². The number of hydrogen-bond acceptors (Lipinski definition) is 6. The van der Waals surface area contributed by atoms with Crippen LogP contribution in [0.1, 0.15) is 18.2 Å². The van der Waals surface area contributed by atoms with Gasteiger partial charge >= 0.3 is 6.03 Å². The number of carbonyl (C=O) groups excluding carboxylic acids is 3. The van der Waals surface area contributed by atoms with Gasteiger partial charge in [0.05, 0.1) is 15.6 Å². The molecule has 0 atom stereocenters. The maximum atomic E-state index is 13.0. The molecule has 9 nitrogen and oxygen atoms in total. The first-order valence-electron chi connectivity index (χ1n) is 9.93. The number of hydrogen-bond donors (Lipinski definition) is 1. The van der Waals surface area contributed by atoms with Gasteiger partial charge in [0.2, 0.25) is 0 Å². The van der Waals surface area contributed by atoms with Gasteiger partial charge < -0.3 is 4.42 Å². The second-order valence-corrected chi connectivity index (χ2v) is 8.03. The SMILES string of the molecule is CCc1ccc(N2C(=O)NC(=O)/C(=C/c3ccc(-c4cc([N+](=O)[O-])c(Cl)cc4Cl)o3)C2=O)cc1. The van der Waals surface area contributed by atoms with Crippen molar-refractivity contribution >= 4 is 58.5 Å². The zero-order valence-corrected chi connectivity index (χ0v) is 19.0. The van der Waals surface area contributed by atoms with E-state index in [1.165, 1.54) is 30.3 Å². The Morgan fingerprint density at radius 2 is 1.76 bits per heavy atom. The molecule has 0 bridgehead atoms. The summed E-state index contributed by atoms with van der Waals surface area (Å²) in [5, 5.41) is 13.3. The number of nitro groups is 1. The number of carbonyl (C=O) groups is 3. The van der Waals surface area contributed by atoms with Crippen LogP contribution in [0, 0.1) is 10.1 Å². The molecule has 1 fully saturated rings. The van der Waals surface area contributed by atoms with Crippen LogP contribution in [-0.2, 0) is 16.0 Å². The van der Waals surface area contributed by atoms with Crippen LogP contribution in [0.2, 0.25) is 10.0 Å². The summed E-state index contributed by atoms with van der Waals surface area (Å²) in [6, 6.07) is 11.2. The number of urea groups is 1. The summed E-state index contributed by atoms with van der Waals surface area (Å²) in [6.07, 6.45) is 1.96. The van der Waals surface area contributed by atoms with Gasteiger partial charge in [-0.05, 0) is 48.4 Å². The van der Waals surface area contributed by atoms with Crippen molar-refractivity contribution in [2.24, 2.45) is 0 Å².